The fourth-order valence-electron chi connectivity index (χ4n) is 2.81. The highest BCUT2D eigenvalue weighted by atomic mass is 15.2. The van der Waals surface area contributed by atoms with E-state index in [-0.39, 0.29) is 0 Å². The van der Waals surface area contributed by atoms with E-state index in [0.717, 1.165) is 11.7 Å². The lowest BCUT2D eigenvalue weighted by Crippen LogP contribution is -2.36. The Morgan fingerprint density at radius 3 is 2.83 bits per heavy atom. The van der Waals surface area contributed by atoms with Crippen LogP contribution in [0.2, 0.25) is 0 Å². The van der Waals surface area contributed by atoms with Crippen LogP contribution < -0.4 is 5.32 Å². The summed E-state index contributed by atoms with van der Waals surface area (Å²) in [6.45, 7) is 7.02. The molecule has 0 aliphatic carbocycles. The molecule has 1 N–H and O–H groups in total. The summed E-state index contributed by atoms with van der Waals surface area (Å²) in [6, 6.07) is 4.87. The Labute approximate surface area is 111 Å². The third-order valence-corrected chi connectivity index (χ3v) is 3.64. The number of nitrogens with zero attached hydrogens (tertiary/aromatic N) is 2. The quantitative estimate of drug-likeness (QED) is 0.884. The van der Waals surface area contributed by atoms with E-state index in [2.05, 4.69) is 41.2 Å². The first kappa shape index (κ1) is 13.3. The number of hydrogen-bond acceptors (Lipinski definition) is 3. The lowest BCUT2D eigenvalue weighted by Gasteiger charge is -2.37. The largest absolute Gasteiger partial charge is 0.373 e. The van der Waals surface area contributed by atoms with Crippen LogP contribution in [0.1, 0.15) is 44.7 Å². The molecule has 1 aliphatic heterocycles. The number of aromatic nitrogens is 1. The average molecular weight is 247 g/mol. The highest BCUT2D eigenvalue weighted by molar-refractivity contribution is 5.35. The third kappa shape index (κ3) is 3.22. The first-order valence-electron chi connectivity index (χ1n) is 7.08. The molecule has 1 aromatic rings. The smallest absolute Gasteiger partial charge is 0.125 e. The fourth-order valence-corrected chi connectivity index (χ4v) is 2.81. The molecule has 1 aromatic heterocycles. The molecular weight excluding hydrogens is 222 g/mol. The van der Waals surface area contributed by atoms with E-state index < -0.39 is 0 Å². The second-order valence-corrected chi connectivity index (χ2v) is 5.63. The van der Waals surface area contributed by atoms with Crippen LogP contribution in [0.5, 0.6) is 0 Å². The summed E-state index contributed by atoms with van der Waals surface area (Å²) in [5, 5.41) is 3.08. The van der Waals surface area contributed by atoms with Crippen LogP contribution in [-0.4, -0.2) is 30.0 Å². The molecule has 0 saturated carbocycles. The molecule has 0 spiro atoms. The molecule has 1 atom stereocenters. The standard InChI is InChI=1S/C15H25N3/c1-12(2)11-18-9-5-4-6-14(18)13-7-8-15(16-3)17-10-13/h7-8,10,12,14H,4-6,9,11H2,1-3H3,(H,16,17)/t14-/m0/s1. The molecule has 100 valence electrons. The van der Waals surface area contributed by atoms with Crippen LogP contribution in [0.4, 0.5) is 5.82 Å². The number of likely N-dealkylation sites (tertiary alicyclic amines) is 1. The lowest BCUT2D eigenvalue weighted by molar-refractivity contribution is 0.132. The molecule has 0 unspecified atom stereocenters. The van der Waals surface area contributed by atoms with Crippen LogP contribution in [-0.2, 0) is 0 Å². The normalized spacial score (nSPS) is 21.2. The van der Waals surface area contributed by atoms with E-state index in [1.807, 2.05) is 13.2 Å². The number of hydrogen-bond donors (Lipinski definition) is 1. The summed E-state index contributed by atoms with van der Waals surface area (Å²) >= 11 is 0. The van der Waals surface area contributed by atoms with Gasteiger partial charge in [-0.1, -0.05) is 26.3 Å². The van der Waals surface area contributed by atoms with Gasteiger partial charge in [0.2, 0.25) is 0 Å². The second-order valence-electron chi connectivity index (χ2n) is 5.63. The van der Waals surface area contributed by atoms with Crippen molar-refractivity contribution in [2.24, 2.45) is 5.92 Å². The molecule has 1 aliphatic rings. The summed E-state index contributed by atoms with van der Waals surface area (Å²) < 4.78 is 0. The van der Waals surface area contributed by atoms with Gasteiger partial charge in [-0.3, -0.25) is 4.90 Å². The van der Waals surface area contributed by atoms with Gasteiger partial charge in [0.1, 0.15) is 5.82 Å². The molecule has 0 aromatic carbocycles. The van der Waals surface area contributed by atoms with E-state index in [1.165, 1.54) is 37.9 Å². The van der Waals surface area contributed by atoms with Crippen LogP contribution in [0.15, 0.2) is 18.3 Å². The maximum atomic E-state index is 4.45. The Morgan fingerprint density at radius 1 is 1.39 bits per heavy atom. The molecular formula is C15H25N3. The van der Waals surface area contributed by atoms with Gasteiger partial charge in [-0.2, -0.15) is 0 Å². The summed E-state index contributed by atoms with van der Waals surface area (Å²) in [4.78, 5) is 7.08. The van der Waals surface area contributed by atoms with Crippen LogP contribution in [0.3, 0.4) is 0 Å². The fraction of sp³-hybridized carbons (Fsp3) is 0.667. The molecule has 3 nitrogen and oxygen atoms in total. The van der Waals surface area contributed by atoms with Gasteiger partial charge in [0.15, 0.2) is 0 Å². The number of piperidine rings is 1. The van der Waals surface area contributed by atoms with Gasteiger partial charge in [0, 0.05) is 25.8 Å². The van der Waals surface area contributed by atoms with Gasteiger partial charge in [-0.05, 0) is 36.9 Å². The van der Waals surface area contributed by atoms with Gasteiger partial charge in [0.25, 0.3) is 0 Å². The molecule has 1 fully saturated rings. The number of nitrogens with one attached hydrogen (secondary N) is 1. The maximum absolute atomic E-state index is 4.45. The molecule has 0 radical (unpaired) electrons. The zero-order valence-electron chi connectivity index (χ0n) is 11.8. The van der Waals surface area contributed by atoms with Crippen molar-refractivity contribution in [3.05, 3.63) is 23.9 Å². The van der Waals surface area contributed by atoms with E-state index in [9.17, 15) is 0 Å². The Bertz CT molecular complexity index is 359. The summed E-state index contributed by atoms with van der Waals surface area (Å²) in [5.74, 6) is 1.68. The number of anilines is 1. The SMILES string of the molecule is CNc1ccc([C@@H]2CCCCN2CC(C)C)cn1. The Morgan fingerprint density at radius 2 is 2.22 bits per heavy atom. The molecule has 3 heteroatoms. The van der Waals surface area contributed by atoms with Crippen molar-refractivity contribution in [2.75, 3.05) is 25.5 Å². The molecule has 2 rings (SSSR count). The highest BCUT2D eigenvalue weighted by Crippen LogP contribution is 2.31. The zero-order chi connectivity index (χ0) is 13.0. The van der Waals surface area contributed by atoms with Crippen LogP contribution >= 0.6 is 0 Å². The van der Waals surface area contributed by atoms with E-state index in [4.69, 9.17) is 0 Å². The van der Waals surface area contributed by atoms with E-state index >= 15 is 0 Å². The minimum atomic E-state index is 0.569. The van der Waals surface area contributed by atoms with Gasteiger partial charge >= 0.3 is 0 Å². The highest BCUT2D eigenvalue weighted by Gasteiger charge is 2.24. The number of pyridine rings is 1. The van der Waals surface area contributed by atoms with Gasteiger partial charge in [0.05, 0.1) is 0 Å². The predicted molar refractivity (Wildman–Crippen MR) is 76.8 cm³/mol. The molecule has 0 amide bonds. The third-order valence-electron chi connectivity index (χ3n) is 3.64. The minimum absolute atomic E-state index is 0.569. The van der Waals surface area contributed by atoms with Crippen molar-refractivity contribution in [1.29, 1.82) is 0 Å². The summed E-state index contributed by atoms with van der Waals surface area (Å²) in [5.41, 5.74) is 1.37. The van der Waals surface area contributed by atoms with Crippen molar-refractivity contribution in [3.8, 4) is 0 Å². The van der Waals surface area contributed by atoms with Gasteiger partial charge in [-0.15, -0.1) is 0 Å². The first-order chi connectivity index (χ1) is 8.70. The summed E-state index contributed by atoms with van der Waals surface area (Å²) in [6.07, 6.45) is 5.99. The monoisotopic (exact) mass is 247 g/mol. The van der Waals surface area contributed by atoms with Crippen molar-refractivity contribution >= 4 is 5.82 Å². The first-order valence-corrected chi connectivity index (χ1v) is 7.08. The zero-order valence-corrected chi connectivity index (χ0v) is 11.8. The van der Waals surface area contributed by atoms with Gasteiger partial charge < -0.3 is 5.32 Å². The Balaban J connectivity index is 2.11. The second kappa shape index (κ2) is 6.19. The average Bonchev–Trinajstić information content (AvgIpc) is 2.39. The predicted octanol–water partition coefficient (Wildman–Crippen LogP) is 3.31. The van der Waals surface area contributed by atoms with Crippen LogP contribution in [0, 0.1) is 5.92 Å². The van der Waals surface area contributed by atoms with Crippen LogP contribution in [0.25, 0.3) is 0 Å². The van der Waals surface area contributed by atoms with Crippen molar-refractivity contribution in [1.82, 2.24) is 9.88 Å². The minimum Gasteiger partial charge on any atom is -0.373 e. The molecule has 1 saturated heterocycles. The Hall–Kier alpha value is -1.09. The van der Waals surface area contributed by atoms with E-state index in [0.29, 0.717) is 6.04 Å². The van der Waals surface area contributed by atoms with Gasteiger partial charge in [-0.25, -0.2) is 4.98 Å². The molecule has 2 heterocycles. The lowest BCUT2D eigenvalue weighted by atomic mass is 9.95. The van der Waals surface area contributed by atoms with Crippen molar-refractivity contribution in [2.45, 2.75) is 39.2 Å². The van der Waals surface area contributed by atoms with Crippen molar-refractivity contribution in [3.63, 3.8) is 0 Å². The molecule has 0 bridgehead atoms. The van der Waals surface area contributed by atoms with Crippen molar-refractivity contribution < 1.29 is 0 Å². The topological polar surface area (TPSA) is 28.2 Å². The van der Waals surface area contributed by atoms with E-state index in [1.54, 1.807) is 0 Å². The number of rotatable bonds is 4. The molecule has 18 heavy (non-hydrogen) atoms. The summed E-state index contributed by atoms with van der Waals surface area (Å²) in [7, 11) is 1.91. The Kier molecular flexibility index (Phi) is 4.59. The maximum Gasteiger partial charge on any atom is 0.125 e.